The van der Waals surface area contributed by atoms with Gasteiger partial charge in [0.1, 0.15) is 5.03 Å². The third-order valence-electron chi connectivity index (χ3n) is 3.02. The van der Waals surface area contributed by atoms with Gasteiger partial charge < -0.3 is 11.1 Å². The third kappa shape index (κ3) is 2.21. The Hall–Kier alpha value is -1.89. The molecule has 0 saturated carbocycles. The topological polar surface area (TPSA) is 93.3 Å². The molecule has 3 rings (SSSR count). The number of anilines is 1. The number of aromatic nitrogens is 2. The SMILES string of the molecule is CNC(=O)CC1=CC2=NCc3nc(N)nc(c32)SC1. The second-order valence-electron chi connectivity index (χ2n) is 4.35. The molecule has 0 atom stereocenters. The summed E-state index contributed by atoms with van der Waals surface area (Å²) in [4.78, 5) is 24.4. The summed E-state index contributed by atoms with van der Waals surface area (Å²) in [5, 5.41) is 3.49. The largest absolute Gasteiger partial charge is 0.368 e. The van der Waals surface area contributed by atoms with E-state index in [-0.39, 0.29) is 11.9 Å². The number of nitrogens with two attached hydrogens (primary N) is 1. The van der Waals surface area contributed by atoms with Crippen molar-refractivity contribution in [3.05, 3.63) is 22.9 Å². The highest BCUT2D eigenvalue weighted by atomic mass is 32.2. The quantitative estimate of drug-likeness (QED) is 0.768. The summed E-state index contributed by atoms with van der Waals surface area (Å²) in [6.07, 6.45) is 2.36. The first-order chi connectivity index (χ1) is 9.17. The molecule has 0 bridgehead atoms. The Balaban J connectivity index is 1.97. The number of allylic oxidation sites excluding steroid dienone is 1. The number of nitrogens with zero attached hydrogens (tertiary/aromatic N) is 3. The molecule has 7 heteroatoms. The van der Waals surface area contributed by atoms with Crippen molar-refractivity contribution < 1.29 is 4.79 Å². The van der Waals surface area contributed by atoms with Gasteiger partial charge in [-0.1, -0.05) is 0 Å². The number of carbonyl (C=O) groups excluding carboxylic acids is 1. The number of thioether (sulfide) groups is 1. The van der Waals surface area contributed by atoms with E-state index in [0.717, 1.165) is 33.3 Å². The van der Waals surface area contributed by atoms with E-state index in [0.29, 0.717) is 13.0 Å². The molecule has 98 valence electrons. The van der Waals surface area contributed by atoms with Crippen LogP contribution in [0, 0.1) is 0 Å². The fraction of sp³-hybridized carbons (Fsp3) is 0.333. The molecule has 2 aliphatic rings. The second-order valence-corrected chi connectivity index (χ2v) is 5.32. The van der Waals surface area contributed by atoms with Crippen LogP contribution in [0.1, 0.15) is 17.7 Å². The Morgan fingerprint density at radius 2 is 2.37 bits per heavy atom. The normalized spacial score (nSPS) is 16.3. The van der Waals surface area contributed by atoms with E-state index in [4.69, 9.17) is 5.73 Å². The lowest BCUT2D eigenvalue weighted by Gasteiger charge is -2.05. The number of carbonyl (C=O) groups is 1. The standard InChI is InChI=1S/C12H13N5OS/c1-14-9(18)3-6-2-7-10-8(4-15-7)16-12(13)17-11(10)19-5-6/h2H,3-5H2,1H3,(H,14,18)(H2,13,16,17). The van der Waals surface area contributed by atoms with Crippen molar-refractivity contribution in [3.63, 3.8) is 0 Å². The monoisotopic (exact) mass is 275 g/mol. The van der Waals surface area contributed by atoms with Gasteiger partial charge in [-0.2, -0.15) is 0 Å². The van der Waals surface area contributed by atoms with E-state index in [9.17, 15) is 4.79 Å². The zero-order chi connectivity index (χ0) is 13.4. The Kier molecular flexibility index (Phi) is 2.98. The number of amides is 1. The molecule has 3 N–H and O–H groups in total. The molecule has 0 fully saturated rings. The highest BCUT2D eigenvalue weighted by Crippen LogP contribution is 2.33. The lowest BCUT2D eigenvalue weighted by atomic mass is 10.1. The fourth-order valence-electron chi connectivity index (χ4n) is 2.13. The molecule has 3 heterocycles. The third-order valence-corrected chi connectivity index (χ3v) is 4.11. The van der Waals surface area contributed by atoms with Crippen LogP contribution >= 0.6 is 11.8 Å². The van der Waals surface area contributed by atoms with Gasteiger partial charge in [0, 0.05) is 19.2 Å². The van der Waals surface area contributed by atoms with Gasteiger partial charge >= 0.3 is 0 Å². The van der Waals surface area contributed by atoms with Crippen LogP contribution in [0.2, 0.25) is 0 Å². The molecule has 0 saturated heterocycles. The molecule has 6 nitrogen and oxygen atoms in total. The van der Waals surface area contributed by atoms with Crippen molar-refractivity contribution in [1.29, 1.82) is 0 Å². The number of nitrogen functional groups attached to an aromatic ring is 1. The van der Waals surface area contributed by atoms with Gasteiger partial charge in [0.25, 0.3) is 0 Å². The summed E-state index contributed by atoms with van der Waals surface area (Å²) in [7, 11) is 1.64. The van der Waals surface area contributed by atoms with E-state index in [2.05, 4.69) is 20.3 Å². The Bertz CT molecular complexity index is 623. The first-order valence-electron chi connectivity index (χ1n) is 5.91. The zero-order valence-electron chi connectivity index (χ0n) is 10.4. The molecule has 1 aromatic rings. The molecule has 0 spiro atoms. The second kappa shape index (κ2) is 4.65. The van der Waals surface area contributed by atoms with E-state index in [1.54, 1.807) is 18.8 Å². The van der Waals surface area contributed by atoms with Crippen LogP contribution < -0.4 is 11.1 Å². The Labute approximate surface area is 114 Å². The van der Waals surface area contributed by atoms with Gasteiger partial charge in [0.15, 0.2) is 0 Å². The Morgan fingerprint density at radius 3 is 3.16 bits per heavy atom. The molecule has 19 heavy (non-hydrogen) atoms. The first kappa shape index (κ1) is 12.2. The van der Waals surface area contributed by atoms with Crippen LogP contribution in [0.25, 0.3) is 0 Å². The van der Waals surface area contributed by atoms with Crippen molar-refractivity contribution in [2.45, 2.75) is 18.0 Å². The van der Waals surface area contributed by atoms with Crippen LogP contribution in [0.3, 0.4) is 0 Å². The molecular formula is C12H13N5OS. The van der Waals surface area contributed by atoms with Crippen LogP contribution in [-0.2, 0) is 11.3 Å². The maximum Gasteiger partial charge on any atom is 0.223 e. The zero-order valence-corrected chi connectivity index (χ0v) is 11.3. The highest BCUT2D eigenvalue weighted by molar-refractivity contribution is 7.99. The van der Waals surface area contributed by atoms with Crippen molar-refractivity contribution >= 4 is 29.3 Å². The van der Waals surface area contributed by atoms with Crippen LogP contribution in [0.5, 0.6) is 0 Å². The molecule has 1 aromatic heterocycles. The average molecular weight is 275 g/mol. The minimum absolute atomic E-state index is 0.00206. The van der Waals surface area contributed by atoms with E-state index in [1.165, 1.54) is 0 Å². The van der Waals surface area contributed by atoms with Crippen molar-refractivity contribution in [1.82, 2.24) is 15.3 Å². The predicted molar refractivity (Wildman–Crippen MR) is 74.2 cm³/mol. The Morgan fingerprint density at radius 1 is 1.53 bits per heavy atom. The predicted octanol–water partition coefficient (Wildman–Crippen LogP) is 0.530. The molecule has 0 aliphatic carbocycles. The minimum atomic E-state index is 0.00206. The number of hydrogen-bond acceptors (Lipinski definition) is 6. The van der Waals surface area contributed by atoms with Gasteiger partial charge in [-0.3, -0.25) is 9.79 Å². The van der Waals surface area contributed by atoms with Gasteiger partial charge in [0.2, 0.25) is 11.9 Å². The van der Waals surface area contributed by atoms with E-state index in [1.807, 2.05) is 6.08 Å². The maximum atomic E-state index is 11.5. The van der Waals surface area contributed by atoms with Gasteiger partial charge in [-0.15, -0.1) is 11.8 Å². The smallest absolute Gasteiger partial charge is 0.223 e. The molecule has 0 aromatic carbocycles. The van der Waals surface area contributed by atoms with Crippen molar-refractivity contribution in [3.8, 4) is 0 Å². The van der Waals surface area contributed by atoms with Gasteiger partial charge in [-0.05, 0) is 11.6 Å². The first-order valence-corrected chi connectivity index (χ1v) is 6.90. The highest BCUT2D eigenvalue weighted by Gasteiger charge is 2.25. The molecular weight excluding hydrogens is 262 g/mol. The molecule has 2 aliphatic heterocycles. The number of aliphatic imine (C=N–C) groups is 1. The van der Waals surface area contributed by atoms with Crippen molar-refractivity contribution in [2.24, 2.45) is 4.99 Å². The van der Waals surface area contributed by atoms with Crippen LogP contribution in [0.15, 0.2) is 21.7 Å². The van der Waals surface area contributed by atoms with E-state index < -0.39 is 0 Å². The number of rotatable bonds is 2. The summed E-state index contributed by atoms with van der Waals surface area (Å²) < 4.78 is 0. The van der Waals surface area contributed by atoms with Crippen LogP contribution in [0.4, 0.5) is 5.95 Å². The lowest BCUT2D eigenvalue weighted by molar-refractivity contribution is -0.119. The summed E-state index contributed by atoms with van der Waals surface area (Å²) in [5.41, 5.74) is 9.46. The summed E-state index contributed by atoms with van der Waals surface area (Å²) in [6.45, 7) is 0.536. The number of hydrogen-bond donors (Lipinski definition) is 2. The summed E-state index contributed by atoms with van der Waals surface area (Å²) >= 11 is 1.58. The molecule has 0 radical (unpaired) electrons. The van der Waals surface area contributed by atoms with Gasteiger partial charge in [0.05, 0.1) is 23.5 Å². The molecule has 0 unspecified atom stereocenters. The van der Waals surface area contributed by atoms with Crippen molar-refractivity contribution in [2.75, 3.05) is 18.5 Å². The lowest BCUT2D eigenvalue weighted by Crippen LogP contribution is -2.18. The maximum absolute atomic E-state index is 11.5. The summed E-state index contributed by atoms with van der Waals surface area (Å²) in [6, 6.07) is 0. The van der Waals surface area contributed by atoms with Gasteiger partial charge in [-0.25, -0.2) is 9.97 Å². The summed E-state index contributed by atoms with van der Waals surface area (Å²) in [5.74, 6) is 1.00. The number of nitrogens with one attached hydrogen (secondary N) is 1. The van der Waals surface area contributed by atoms with E-state index >= 15 is 0 Å². The minimum Gasteiger partial charge on any atom is -0.368 e. The van der Waals surface area contributed by atoms with Crippen LogP contribution in [-0.4, -0.2) is 34.4 Å². The molecule has 1 amide bonds. The average Bonchev–Trinajstić information content (AvgIpc) is 2.69. The fourth-order valence-corrected chi connectivity index (χ4v) is 3.16.